The van der Waals surface area contributed by atoms with E-state index in [4.69, 9.17) is 4.74 Å². The fraction of sp³-hybridized carbons (Fsp3) is 0.286. The summed E-state index contributed by atoms with van der Waals surface area (Å²) >= 11 is 0. The van der Waals surface area contributed by atoms with Crippen LogP contribution in [-0.2, 0) is 16.6 Å². The first kappa shape index (κ1) is 32.2. The average molecular weight is 632 g/mol. The van der Waals surface area contributed by atoms with Crippen molar-refractivity contribution < 1.29 is 27.4 Å². The van der Waals surface area contributed by atoms with E-state index in [9.17, 15) is 22.7 Å². The number of halogens is 1. The van der Waals surface area contributed by atoms with Crippen LogP contribution in [0.2, 0.25) is 0 Å². The molecule has 10 heteroatoms. The van der Waals surface area contributed by atoms with E-state index in [0.29, 0.717) is 19.6 Å². The lowest BCUT2D eigenvalue weighted by molar-refractivity contribution is 0.0344. The van der Waals surface area contributed by atoms with Crippen LogP contribution in [0.3, 0.4) is 0 Å². The van der Waals surface area contributed by atoms with Crippen molar-refractivity contribution in [2.75, 3.05) is 31.5 Å². The zero-order valence-electron chi connectivity index (χ0n) is 25.6. The molecule has 4 aromatic carbocycles. The zero-order valence-corrected chi connectivity index (χ0v) is 26.4. The van der Waals surface area contributed by atoms with Gasteiger partial charge in [-0.2, -0.15) is 0 Å². The number of ether oxygens (including phenoxy) is 1. The van der Waals surface area contributed by atoms with Gasteiger partial charge in [-0.1, -0.05) is 67.6 Å². The van der Waals surface area contributed by atoms with E-state index < -0.39 is 28.0 Å². The summed E-state index contributed by atoms with van der Waals surface area (Å²) in [6, 6.07) is 27.3. The minimum atomic E-state index is -4.13. The highest BCUT2D eigenvalue weighted by Gasteiger charge is 2.35. The molecule has 1 aliphatic heterocycles. The highest BCUT2D eigenvalue weighted by Crippen LogP contribution is 2.36. The molecule has 1 aliphatic rings. The van der Waals surface area contributed by atoms with Crippen LogP contribution in [0.25, 0.3) is 11.1 Å². The number of aliphatic hydroxyl groups is 1. The molecule has 1 heterocycles. The lowest BCUT2D eigenvalue weighted by Gasteiger charge is -2.38. The number of hydrogen-bond donors (Lipinski definition) is 2. The molecule has 0 radical (unpaired) electrons. The molecule has 4 aromatic rings. The predicted molar refractivity (Wildman–Crippen MR) is 173 cm³/mol. The van der Waals surface area contributed by atoms with Crippen molar-refractivity contribution in [3.05, 3.63) is 114 Å². The minimum Gasteiger partial charge on any atom is -0.486 e. The normalized spacial score (nSPS) is 17.6. The Morgan fingerprint density at radius 3 is 2.31 bits per heavy atom. The third kappa shape index (κ3) is 7.53. The Morgan fingerprint density at radius 1 is 0.978 bits per heavy atom. The van der Waals surface area contributed by atoms with E-state index in [0.717, 1.165) is 28.8 Å². The summed E-state index contributed by atoms with van der Waals surface area (Å²) in [5, 5.41) is 9.97. The van der Waals surface area contributed by atoms with Crippen molar-refractivity contribution in [2.24, 2.45) is 5.92 Å². The fourth-order valence-corrected chi connectivity index (χ4v) is 6.54. The van der Waals surface area contributed by atoms with Crippen molar-refractivity contribution in [1.82, 2.24) is 9.80 Å². The van der Waals surface area contributed by atoms with Crippen LogP contribution in [-0.4, -0.2) is 68.1 Å². The molecule has 0 unspecified atom stereocenters. The Labute approximate surface area is 264 Å². The second kappa shape index (κ2) is 13.8. The van der Waals surface area contributed by atoms with Gasteiger partial charge < -0.3 is 14.7 Å². The van der Waals surface area contributed by atoms with Gasteiger partial charge in [-0.05, 0) is 67.1 Å². The SMILES string of the molecule is C[C@@H]1CN([C@@H](C)CO)C(=O)c2cccc(NS(=O)(=O)c3ccc(F)cc3)c2O[C@@H]1CN(C)Cc1ccc(-c2ccccc2)cc1. The van der Waals surface area contributed by atoms with Crippen molar-refractivity contribution >= 4 is 21.6 Å². The van der Waals surface area contributed by atoms with Gasteiger partial charge in [0.05, 0.1) is 28.8 Å². The first-order chi connectivity index (χ1) is 21.6. The average Bonchev–Trinajstić information content (AvgIpc) is 3.03. The standard InChI is InChI=1S/C35H38FN3O5S/c1-24-20-39(25(2)23-40)35(41)31-10-7-11-32(37-45(42,43)30-18-16-29(36)17-19-30)34(31)44-33(24)22-38(3)21-26-12-14-28(15-13-26)27-8-5-4-6-9-27/h4-19,24-25,33,37,40H,20-23H2,1-3H3/t24-,25+,33-/m1/s1. The maximum atomic E-state index is 13.8. The quantitative estimate of drug-likeness (QED) is 0.235. The number of carbonyl (C=O) groups is 1. The Bertz CT molecular complexity index is 1720. The van der Waals surface area contributed by atoms with Crippen LogP contribution in [0.5, 0.6) is 5.75 Å². The molecule has 1 amide bonds. The van der Waals surface area contributed by atoms with E-state index in [-0.39, 0.29) is 40.3 Å². The summed E-state index contributed by atoms with van der Waals surface area (Å²) in [5.74, 6) is -0.980. The number of fused-ring (bicyclic) bond motifs is 1. The second-order valence-corrected chi connectivity index (χ2v) is 13.3. The molecule has 2 N–H and O–H groups in total. The van der Waals surface area contributed by atoms with E-state index in [1.165, 1.54) is 18.2 Å². The van der Waals surface area contributed by atoms with Crippen LogP contribution in [0, 0.1) is 11.7 Å². The zero-order chi connectivity index (χ0) is 32.1. The maximum absolute atomic E-state index is 13.8. The van der Waals surface area contributed by atoms with Crippen LogP contribution in [0.1, 0.15) is 29.8 Å². The first-order valence-corrected chi connectivity index (χ1v) is 16.4. The minimum absolute atomic E-state index is 0.0973. The second-order valence-electron chi connectivity index (χ2n) is 11.6. The highest BCUT2D eigenvalue weighted by atomic mass is 32.2. The lowest BCUT2D eigenvalue weighted by atomic mass is 9.98. The van der Waals surface area contributed by atoms with Gasteiger partial charge in [-0.15, -0.1) is 0 Å². The molecule has 0 aromatic heterocycles. The van der Waals surface area contributed by atoms with E-state index in [1.807, 2.05) is 32.2 Å². The van der Waals surface area contributed by atoms with E-state index in [2.05, 4.69) is 46.0 Å². The molecule has 3 atom stereocenters. The molecular weight excluding hydrogens is 593 g/mol. The van der Waals surface area contributed by atoms with Gasteiger partial charge in [0.1, 0.15) is 11.9 Å². The molecule has 0 fully saturated rings. The summed E-state index contributed by atoms with van der Waals surface area (Å²) in [5.41, 5.74) is 3.68. The molecule has 8 nitrogen and oxygen atoms in total. The smallest absolute Gasteiger partial charge is 0.262 e. The number of hydrogen-bond acceptors (Lipinski definition) is 6. The van der Waals surface area contributed by atoms with Crippen molar-refractivity contribution in [3.63, 3.8) is 0 Å². The van der Waals surface area contributed by atoms with Crippen molar-refractivity contribution in [3.8, 4) is 16.9 Å². The number of rotatable bonds is 10. The summed E-state index contributed by atoms with van der Waals surface area (Å²) in [7, 11) is -2.14. The summed E-state index contributed by atoms with van der Waals surface area (Å²) in [4.78, 5) is 17.4. The van der Waals surface area contributed by atoms with Gasteiger partial charge in [0.2, 0.25) is 0 Å². The maximum Gasteiger partial charge on any atom is 0.262 e. The van der Waals surface area contributed by atoms with Crippen LogP contribution >= 0.6 is 0 Å². The molecule has 45 heavy (non-hydrogen) atoms. The lowest BCUT2D eigenvalue weighted by Crippen LogP contribution is -2.49. The monoisotopic (exact) mass is 631 g/mol. The van der Waals surface area contributed by atoms with Gasteiger partial charge in [-0.25, -0.2) is 12.8 Å². The Balaban J connectivity index is 1.42. The van der Waals surface area contributed by atoms with Crippen molar-refractivity contribution in [2.45, 2.75) is 37.4 Å². The number of para-hydroxylation sites is 1. The molecule has 236 valence electrons. The number of amides is 1. The topological polar surface area (TPSA) is 99.2 Å². The van der Waals surface area contributed by atoms with Gasteiger partial charge >= 0.3 is 0 Å². The number of nitrogens with zero attached hydrogens (tertiary/aromatic N) is 2. The Hall–Kier alpha value is -4.25. The molecule has 0 saturated heterocycles. The van der Waals surface area contributed by atoms with Gasteiger partial charge in [-0.3, -0.25) is 14.4 Å². The van der Waals surface area contributed by atoms with Crippen LogP contribution in [0.15, 0.2) is 102 Å². The number of carbonyl (C=O) groups excluding carboxylic acids is 1. The molecular formula is C35H38FN3O5S. The van der Waals surface area contributed by atoms with Gasteiger partial charge in [0, 0.05) is 25.6 Å². The number of anilines is 1. The summed E-state index contributed by atoms with van der Waals surface area (Å²) < 4.78 is 49.1. The highest BCUT2D eigenvalue weighted by molar-refractivity contribution is 7.92. The fourth-order valence-electron chi connectivity index (χ4n) is 5.48. The predicted octanol–water partition coefficient (Wildman–Crippen LogP) is 5.65. The number of sulfonamides is 1. The molecule has 0 bridgehead atoms. The molecule has 0 spiro atoms. The number of aliphatic hydroxyl groups excluding tert-OH is 1. The Morgan fingerprint density at radius 2 is 1.64 bits per heavy atom. The van der Waals surface area contributed by atoms with Crippen molar-refractivity contribution in [1.29, 1.82) is 0 Å². The van der Waals surface area contributed by atoms with Crippen LogP contribution < -0.4 is 9.46 Å². The summed E-state index contributed by atoms with van der Waals surface area (Å²) in [6.45, 7) is 4.99. The van der Waals surface area contributed by atoms with Crippen LogP contribution in [0.4, 0.5) is 10.1 Å². The largest absolute Gasteiger partial charge is 0.486 e. The van der Waals surface area contributed by atoms with Gasteiger partial charge in [0.15, 0.2) is 5.75 Å². The number of nitrogens with one attached hydrogen (secondary N) is 1. The first-order valence-electron chi connectivity index (χ1n) is 14.9. The molecule has 0 aliphatic carbocycles. The van der Waals surface area contributed by atoms with E-state index in [1.54, 1.807) is 24.0 Å². The molecule has 0 saturated carbocycles. The number of benzene rings is 4. The molecule has 5 rings (SSSR count). The third-order valence-corrected chi connectivity index (χ3v) is 9.45. The third-order valence-electron chi connectivity index (χ3n) is 8.06. The number of likely N-dealkylation sites (N-methyl/N-ethyl adjacent to an activating group) is 1. The Kier molecular flexibility index (Phi) is 9.86. The van der Waals surface area contributed by atoms with Gasteiger partial charge in [0.25, 0.3) is 15.9 Å². The van der Waals surface area contributed by atoms with E-state index >= 15 is 0 Å². The summed E-state index contributed by atoms with van der Waals surface area (Å²) in [6.07, 6.45) is -0.435.